The topological polar surface area (TPSA) is 186 Å². The highest BCUT2D eigenvalue weighted by Crippen LogP contribution is 2.09. The Morgan fingerprint density at radius 1 is 1.14 bits per heavy atom. The van der Waals surface area contributed by atoms with Crippen LogP contribution in [0, 0.1) is 5.92 Å². The summed E-state index contributed by atoms with van der Waals surface area (Å²) < 4.78 is 0. The largest absolute Gasteiger partial charge is 0.480 e. The minimum absolute atomic E-state index is 0.0631. The minimum atomic E-state index is -1.12. The second-order valence-electron chi connectivity index (χ2n) is 6.61. The Labute approximate surface area is 170 Å². The Morgan fingerprint density at radius 3 is 2.29 bits per heavy atom. The van der Waals surface area contributed by atoms with Crippen LogP contribution in [-0.2, 0) is 14.4 Å². The van der Waals surface area contributed by atoms with E-state index in [0.717, 1.165) is 0 Å². The van der Waals surface area contributed by atoms with Gasteiger partial charge in [-0.15, -0.1) is 0 Å². The highest BCUT2D eigenvalue weighted by Gasteiger charge is 2.30. The Bertz CT molecular complexity index is 542. The molecule has 162 valence electrons. The number of carboxylic acids is 1. The lowest BCUT2D eigenvalue weighted by atomic mass is 9.98. The number of amides is 2. The van der Waals surface area contributed by atoms with E-state index in [1.807, 2.05) is 13.2 Å². The van der Waals surface area contributed by atoms with Crippen molar-refractivity contribution in [2.45, 2.75) is 57.7 Å². The molecule has 28 heavy (non-hydrogen) atoms. The van der Waals surface area contributed by atoms with Crippen molar-refractivity contribution < 1.29 is 19.5 Å². The molecule has 0 heterocycles. The molecule has 0 aliphatic rings. The number of hydrogen-bond acceptors (Lipinski definition) is 6. The van der Waals surface area contributed by atoms with Crippen molar-refractivity contribution in [1.29, 1.82) is 0 Å². The molecule has 0 saturated carbocycles. The molecule has 4 unspecified atom stereocenters. The van der Waals surface area contributed by atoms with Crippen LogP contribution in [0.25, 0.3) is 0 Å². The average Bonchev–Trinajstić information content (AvgIpc) is 2.64. The first-order valence-corrected chi connectivity index (χ1v) is 10.7. The lowest BCUT2D eigenvalue weighted by molar-refractivity contribution is -0.143. The number of rotatable bonds is 14. The second-order valence-corrected chi connectivity index (χ2v) is 7.59. The molecule has 10 nitrogen and oxygen atoms in total. The normalized spacial score (nSPS) is 15.0. The zero-order valence-electron chi connectivity index (χ0n) is 16.8. The quantitative estimate of drug-likeness (QED) is 0.120. The number of carbonyl (C=O) groups is 3. The van der Waals surface area contributed by atoms with E-state index in [4.69, 9.17) is 17.2 Å². The molecule has 0 spiro atoms. The van der Waals surface area contributed by atoms with Gasteiger partial charge in [-0.05, 0) is 37.2 Å². The van der Waals surface area contributed by atoms with E-state index in [1.165, 1.54) is 0 Å². The van der Waals surface area contributed by atoms with Gasteiger partial charge in [0.2, 0.25) is 11.8 Å². The maximum atomic E-state index is 12.7. The van der Waals surface area contributed by atoms with Gasteiger partial charge in [0.1, 0.15) is 12.1 Å². The summed E-state index contributed by atoms with van der Waals surface area (Å²) in [6.07, 6.45) is 3.64. The minimum Gasteiger partial charge on any atom is -0.480 e. The number of hydrogen-bond donors (Lipinski definition) is 6. The lowest BCUT2D eigenvalue weighted by Gasteiger charge is -2.25. The molecule has 0 saturated heterocycles. The molecule has 2 amide bonds. The van der Waals surface area contributed by atoms with Crippen molar-refractivity contribution in [3.05, 3.63) is 0 Å². The molecule has 0 radical (unpaired) electrons. The van der Waals surface area contributed by atoms with Gasteiger partial charge in [-0.25, -0.2) is 4.79 Å². The second kappa shape index (κ2) is 14.1. The van der Waals surface area contributed by atoms with Gasteiger partial charge < -0.3 is 32.9 Å². The van der Waals surface area contributed by atoms with Crippen molar-refractivity contribution in [3.8, 4) is 0 Å². The smallest absolute Gasteiger partial charge is 0.326 e. The third-order valence-electron chi connectivity index (χ3n) is 4.32. The Morgan fingerprint density at radius 2 is 1.79 bits per heavy atom. The fraction of sp³-hybridized carbons (Fsp3) is 0.765. The predicted molar refractivity (Wildman–Crippen MR) is 112 cm³/mol. The standard InChI is InChI=1S/C17H34N6O4S/c1-4-10(2)13(16(26)27)23-15(25)12(6-5-8-21-17(19)20)22-14(24)11(18)7-9-28-3/h10-13H,4-9,18H2,1-3H3,(H,22,24)(H,23,25)(H,26,27)(H4,19,20,21). The molecule has 0 rings (SSSR count). The molecule has 0 bridgehead atoms. The number of thioether (sulfide) groups is 1. The fourth-order valence-electron chi connectivity index (χ4n) is 2.36. The van der Waals surface area contributed by atoms with Crippen LogP contribution in [-0.4, -0.2) is 65.5 Å². The summed E-state index contributed by atoms with van der Waals surface area (Å²) in [5.74, 6) is -1.75. The molecule has 0 aromatic carbocycles. The number of nitrogens with zero attached hydrogens (tertiary/aromatic N) is 1. The number of nitrogens with two attached hydrogens (primary N) is 3. The molecule has 0 aliphatic carbocycles. The molecule has 11 heteroatoms. The van der Waals surface area contributed by atoms with Gasteiger partial charge in [-0.3, -0.25) is 14.6 Å². The third-order valence-corrected chi connectivity index (χ3v) is 4.97. The van der Waals surface area contributed by atoms with E-state index >= 15 is 0 Å². The molecule has 4 atom stereocenters. The van der Waals surface area contributed by atoms with Gasteiger partial charge in [0.15, 0.2) is 5.96 Å². The third kappa shape index (κ3) is 10.4. The first-order valence-electron chi connectivity index (χ1n) is 9.27. The number of nitrogens with one attached hydrogen (secondary N) is 2. The number of aliphatic imine (C=N–C) groups is 1. The van der Waals surface area contributed by atoms with Crippen LogP contribution in [0.15, 0.2) is 4.99 Å². The Hall–Kier alpha value is -2.01. The molecular weight excluding hydrogens is 384 g/mol. The number of carbonyl (C=O) groups excluding carboxylic acids is 2. The first kappa shape index (κ1) is 26.0. The van der Waals surface area contributed by atoms with Crippen molar-refractivity contribution in [2.24, 2.45) is 28.1 Å². The van der Waals surface area contributed by atoms with Crippen molar-refractivity contribution >= 4 is 35.5 Å². The zero-order valence-corrected chi connectivity index (χ0v) is 17.6. The van der Waals surface area contributed by atoms with E-state index in [2.05, 4.69) is 15.6 Å². The van der Waals surface area contributed by atoms with Gasteiger partial charge in [-0.1, -0.05) is 20.3 Å². The van der Waals surface area contributed by atoms with E-state index in [1.54, 1.807) is 18.7 Å². The van der Waals surface area contributed by atoms with Crippen LogP contribution in [0.3, 0.4) is 0 Å². The SMILES string of the molecule is CCC(C)C(NC(=O)C(CCCN=C(N)N)NC(=O)C(N)CCSC)C(=O)O. The van der Waals surface area contributed by atoms with Crippen LogP contribution in [0.4, 0.5) is 0 Å². The highest BCUT2D eigenvalue weighted by atomic mass is 32.2. The van der Waals surface area contributed by atoms with E-state index in [-0.39, 0.29) is 24.8 Å². The summed E-state index contributed by atoms with van der Waals surface area (Å²) in [5, 5.41) is 14.5. The molecule has 0 aromatic rings. The molecule has 0 aliphatic heterocycles. The van der Waals surface area contributed by atoms with Crippen molar-refractivity contribution in [1.82, 2.24) is 10.6 Å². The molecule has 0 aromatic heterocycles. The van der Waals surface area contributed by atoms with Crippen molar-refractivity contribution in [2.75, 3.05) is 18.6 Å². The zero-order chi connectivity index (χ0) is 21.7. The predicted octanol–water partition coefficient (Wildman–Crippen LogP) is -0.779. The van der Waals surface area contributed by atoms with Gasteiger partial charge in [0, 0.05) is 6.54 Å². The lowest BCUT2D eigenvalue weighted by Crippen LogP contribution is -2.55. The fourth-order valence-corrected chi connectivity index (χ4v) is 2.85. The number of guanidine groups is 1. The summed E-state index contributed by atoms with van der Waals surface area (Å²) in [4.78, 5) is 40.3. The molecular formula is C17H34N6O4S. The van der Waals surface area contributed by atoms with Gasteiger partial charge in [0.05, 0.1) is 6.04 Å². The Balaban J connectivity index is 5.12. The summed E-state index contributed by atoms with van der Waals surface area (Å²) in [7, 11) is 0. The van der Waals surface area contributed by atoms with E-state index < -0.39 is 35.9 Å². The van der Waals surface area contributed by atoms with E-state index in [0.29, 0.717) is 25.0 Å². The molecule has 9 N–H and O–H groups in total. The monoisotopic (exact) mass is 418 g/mol. The summed E-state index contributed by atoms with van der Waals surface area (Å²) in [6.45, 7) is 3.87. The summed E-state index contributed by atoms with van der Waals surface area (Å²) in [6, 6.07) is -2.71. The van der Waals surface area contributed by atoms with Crippen LogP contribution in [0.1, 0.15) is 39.5 Å². The molecule has 0 fully saturated rings. The van der Waals surface area contributed by atoms with Crippen LogP contribution in [0.2, 0.25) is 0 Å². The van der Waals surface area contributed by atoms with Crippen LogP contribution in [0.5, 0.6) is 0 Å². The summed E-state index contributed by atoms with van der Waals surface area (Å²) >= 11 is 1.57. The van der Waals surface area contributed by atoms with E-state index in [9.17, 15) is 19.5 Å². The van der Waals surface area contributed by atoms with Gasteiger partial charge in [0.25, 0.3) is 0 Å². The van der Waals surface area contributed by atoms with Gasteiger partial charge >= 0.3 is 5.97 Å². The number of aliphatic carboxylic acids is 1. The summed E-state index contributed by atoms with van der Waals surface area (Å²) in [5.41, 5.74) is 16.4. The van der Waals surface area contributed by atoms with Crippen LogP contribution >= 0.6 is 11.8 Å². The maximum absolute atomic E-state index is 12.7. The average molecular weight is 419 g/mol. The number of carboxylic acid groups (broad SMARTS) is 1. The van der Waals surface area contributed by atoms with Gasteiger partial charge in [-0.2, -0.15) is 11.8 Å². The Kier molecular flexibility index (Phi) is 13.0. The van der Waals surface area contributed by atoms with Crippen LogP contribution < -0.4 is 27.8 Å². The first-order chi connectivity index (χ1) is 13.1. The highest BCUT2D eigenvalue weighted by molar-refractivity contribution is 7.98. The van der Waals surface area contributed by atoms with Crippen molar-refractivity contribution in [3.63, 3.8) is 0 Å². The maximum Gasteiger partial charge on any atom is 0.326 e.